The molecule has 3 heterocycles. The summed E-state index contributed by atoms with van der Waals surface area (Å²) in [5.41, 5.74) is 2.57. The zero-order valence-electron chi connectivity index (χ0n) is 20.9. The van der Waals surface area contributed by atoms with Crippen LogP contribution in [0, 0.1) is 0 Å². The number of nitrogens with one attached hydrogen (secondary N) is 1. The predicted molar refractivity (Wildman–Crippen MR) is 137 cm³/mol. The van der Waals surface area contributed by atoms with E-state index in [1.165, 1.54) is 0 Å². The lowest BCUT2D eigenvalue weighted by atomic mass is 10.2. The molecule has 1 N–H and O–H groups in total. The molecule has 1 aliphatic heterocycles. The number of hydrogen-bond donors (Lipinski definition) is 1. The van der Waals surface area contributed by atoms with Crippen LogP contribution in [0.2, 0.25) is 0 Å². The minimum absolute atomic E-state index is 0.237. The largest absolute Gasteiger partial charge is 0.444 e. The Labute approximate surface area is 201 Å². The van der Waals surface area contributed by atoms with E-state index in [-0.39, 0.29) is 6.09 Å². The van der Waals surface area contributed by atoms with Crippen molar-refractivity contribution in [3.63, 3.8) is 0 Å². The van der Waals surface area contributed by atoms with Crippen molar-refractivity contribution >= 4 is 34.4 Å². The first kappa shape index (κ1) is 23.9. The van der Waals surface area contributed by atoms with Gasteiger partial charge in [0.05, 0.1) is 0 Å². The average Bonchev–Trinajstić information content (AvgIpc) is 3.23. The van der Waals surface area contributed by atoms with Gasteiger partial charge >= 0.3 is 6.09 Å². The number of hydrogen-bond acceptors (Lipinski definition) is 6. The Bertz CT molecular complexity index is 1110. The lowest BCUT2D eigenvalue weighted by Crippen LogP contribution is -2.50. The SMILES string of the molecule is CCC(CC)n1ccc2cnc(Nc3ccc(N4CCN(C(=O)OC(C)(C)C)CC4)cc3)nc21. The van der Waals surface area contributed by atoms with E-state index in [9.17, 15) is 4.79 Å². The molecule has 1 fully saturated rings. The molecule has 1 aromatic carbocycles. The minimum atomic E-state index is -0.470. The normalized spacial score (nSPS) is 14.6. The molecule has 182 valence electrons. The van der Waals surface area contributed by atoms with Crippen LogP contribution in [0.5, 0.6) is 0 Å². The van der Waals surface area contributed by atoms with Crippen molar-refractivity contribution in [1.29, 1.82) is 0 Å². The molecule has 1 aliphatic rings. The summed E-state index contributed by atoms with van der Waals surface area (Å²) in [5, 5.41) is 4.39. The van der Waals surface area contributed by atoms with Crippen molar-refractivity contribution in [1.82, 2.24) is 19.4 Å². The third-order valence-corrected chi connectivity index (χ3v) is 6.21. The van der Waals surface area contributed by atoms with Gasteiger partial charge in [0, 0.05) is 61.4 Å². The van der Waals surface area contributed by atoms with E-state index in [1.807, 2.05) is 39.1 Å². The van der Waals surface area contributed by atoms with Crippen LogP contribution in [0.25, 0.3) is 11.0 Å². The second-order valence-electron chi connectivity index (χ2n) is 9.79. The number of anilines is 3. The van der Waals surface area contributed by atoms with Crippen LogP contribution in [0.3, 0.4) is 0 Å². The summed E-state index contributed by atoms with van der Waals surface area (Å²) in [5.74, 6) is 0.595. The number of piperazine rings is 1. The number of rotatable bonds is 6. The van der Waals surface area contributed by atoms with Crippen molar-refractivity contribution in [2.24, 2.45) is 0 Å². The molecule has 8 nitrogen and oxygen atoms in total. The van der Waals surface area contributed by atoms with Gasteiger partial charge < -0.3 is 24.4 Å². The van der Waals surface area contributed by atoms with E-state index >= 15 is 0 Å². The second kappa shape index (κ2) is 9.91. The summed E-state index contributed by atoms with van der Waals surface area (Å²) in [6.45, 7) is 13.0. The Balaban J connectivity index is 1.38. The standard InChI is InChI=1S/C26H36N6O2/c1-6-21(7-2)32-13-12-19-18-27-24(29-23(19)32)28-20-8-10-22(11-9-20)30-14-16-31(17-15-30)25(33)34-26(3,4)5/h8-13,18,21H,6-7,14-17H2,1-5H3,(H,27,28,29). The molecule has 0 saturated carbocycles. The monoisotopic (exact) mass is 464 g/mol. The lowest BCUT2D eigenvalue weighted by molar-refractivity contribution is 0.0240. The number of amides is 1. The molecule has 0 unspecified atom stereocenters. The van der Waals surface area contributed by atoms with Gasteiger partial charge in [-0.2, -0.15) is 4.98 Å². The fourth-order valence-electron chi connectivity index (χ4n) is 4.33. The molecule has 1 saturated heterocycles. The number of nitrogens with zero attached hydrogens (tertiary/aromatic N) is 5. The lowest BCUT2D eigenvalue weighted by Gasteiger charge is -2.36. The van der Waals surface area contributed by atoms with Crippen molar-refractivity contribution in [2.45, 2.75) is 59.1 Å². The van der Waals surface area contributed by atoms with Crippen molar-refractivity contribution < 1.29 is 9.53 Å². The molecular formula is C26H36N6O2. The molecule has 2 aromatic heterocycles. The van der Waals surface area contributed by atoms with Gasteiger partial charge in [-0.05, 0) is 63.9 Å². The van der Waals surface area contributed by atoms with Crippen molar-refractivity contribution in [2.75, 3.05) is 36.4 Å². The second-order valence-corrected chi connectivity index (χ2v) is 9.79. The van der Waals surface area contributed by atoms with Gasteiger partial charge in [0.1, 0.15) is 11.2 Å². The minimum Gasteiger partial charge on any atom is -0.444 e. The van der Waals surface area contributed by atoms with Gasteiger partial charge in [-0.3, -0.25) is 0 Å². The highest BCUT2D eigenvalue weighted by atomic mass is 16.6. The molecule has 0 spiro atoms. The molecule has 1 amide bonds. The molecule has 0 atom stereocenters. The van der Waals surface area contributed by atoms with Crippen LogP contribution in [-0.2, 0) is 4.74 Å². The Morgan fingerprint density at radius 2 is 1.74 bits per heavy atom. The number of carbonyl (C=O) groups excluding carboxylic acids is 1. The highest BCUT2D eigenvalue weighted by Crippen LogP contribution is 2.25. The zero-order chi connectivity index (χ0) is 24.3. The fourth-order valence-corrected chi connectivity index (χ4v) is 4.33. The summed E-state index contributed by atoms with van der Waals surface area (Å²) in [6.07, 6.45) is 5.89. The number of benzene rings is 1. The van der Waals surface area contributed by atoms with E-state index in [2.05, 4.69) is 58.0 Å². The summed E-state index contributed by atoms with van der Waals surface area (Å²) >= 11 is 0. The Kier molecular flexibility index (Phi) is 6.95. The highest BCUT2D eigenvalue weighted by Gasteiger charge is 2.26. The zero-order valence-corrected chi connectivity index (χ0v) is 20.9. The van der Waals surface area contributed by atoms with E-state index in [0.717, 1.165) is 48.3 Å². The van der Waals surface area contributed by atoms with Crippen molar-refractivity contribution in [3.8, 4) is 0 Å². The van der Waals surface area contributed by atoms with Crippen LogP contribution in [0.15, 0.2) is 42.7 Å². The van der Waals surface area contributed by atoms with Crippen LogP contribution in [-0.4, -0.2) is 57.3 Å². The third kappa shape index (κ3) is 5.43. The Morgan fingerprint density at radius 1 is 1.06 bits per heavy atom. The molecular weight excluding hydrogens is 428 g/mol. The molecule has 34 heavy (non-hydrogen) atoms. The summed E-state index contributed by atoms with van der Waals surface area (Å²) in [7, 11) is 0. The van der Waals surface area contributed by atoms with Crippen LogP contribution in [0.4, 0.5) is 22.1 Å². The first-order valence-corrected chi connectivity index (χ1v) is 12.2. The molecule has 0 aliphatic carbocycles. The van der Waals surface area contributed by atoms with Gasteiger partial charge in [-0.25, -0.2) is 9.78 Å². The fraction of sp³-hybridized carbons (Fsp3) is 0.500. The van der Waals surface area contributed by atoms with Gasteiger partial charge in [-0.15, -0.1) is 0 Å². The van der Waals surface area contributed by atoms with Gasteiger partial charge in [-0.1, -0.05) is 13.8 Å². The van der Waals surface area contributed by atoms with Crippen LogP contribution < -0.4 is 10.2 Å². The first-order chi connectivity index (χ1) is 16.3. The Morgan fingerprint density at radius 3 is 2.35 bits per heavy atom. The average molecular weight is 465 g/mol. The van der Waals surface area contributed by atoms with Crippen LogP contribution >= 0.6 is 0 Å². The van der Waals surface area contributed by atoms with Crippen LogP contribution in [0.1, 0.15) is 53.5 Å². The Hall–Kier alpha value is -3.29. The molecule has 4 rings (SSSR count). The molecule has 0 radical (unpaired) electrons. The van der Waals surface area contributed by atoms with Crippen molar-refractivity contribution in [3.05, 3.63) is 42.7 Å². The summed E-state index contributed by atoms with van der Waals surface area (Å²) in [4.78, 5) is 25.6. The van der Waals surface area contributed by atoms with E-state index in [4.69, 9.17) is 9.72 Å². The van der Waals surface area contributed by atoms with Gasteiger partial charge in [0.2, 0.25) is 5.95 Å². The highest BCUT2D eigenvalue weighted by molar-refractivity contribution is 5.77. The van der Waals surface area contributed by atoms with Gasteiger partial charge in [0.25, 0.3) is 0 Å². The maximum Gasteiger partial charge on any atom is 0.410 e. The topological polar surface area (TPSA) is 75.5 Å². The van der Waals surface area contributed by atoms with Gasteiger partial charge in [0.15, 0.2) is 0 Å². The van der Waals surface area contributed by atoms with E-state index in [1.54, 1.807) is 4.90 Å². The summed E-state index contributed by atoms with van der Waals surface area (Å²) < 4.78 is 7.74. The maximum absolute atomic E-state index is 12.3. The predicted octanol–water partition coefficient (Wildman–Crippen LogP) is 5.59. The summed E-state index contributed by atoms with van der Waals surface area (Å²) in [6, 6.07) is 10.8. The number of fused-ring (bicyclic) bond motifs is 1. The number of carbonyl (C=O) groups is 1. The maximum atomic E-state index is 12.3. The number of aromatic nitrogens is 3. The molecule has 8 heteroatoms. The quantitative estimate of drug-likeness (QED) is 0.512. The van der Waals surface area contributed by atoms with E-state index < -0.39 is 5.60 Å². The smallest absolute Gasteiger partial charge is 0.410 e. The van der Waals surface area contributed by atoms with E-state index in [0.29, 0.717) is 25.1 Å². The molecule has 3 aromatic rings. The third-order valence-electron chi connectivity index (χ3n) is 6.21. The number of ether oxygens (including phenoxy) is 1. The molecule has 0 bridgehead atoms. The first-order valence-electron chi connectivity index (χ1n) is 12.2.